The van der Waals surface area contributed by atoms with Crippen molar-refractivity contribution in [1.29, 1.82) is 0 Å². The lowest BCUT2D eigenvalue weighted by atomic mass is 9.98. The summed E-state index contributed by atoms with van der Waals surface area (Å²) < 4.78 is 0. The van der Waals surface area contributed by atoms with E-state index in [0.717, 1.165) is 22.9 Å². The van der Waals surface area contributed by atoms with E-state index in [1.165, 1.54) is 0 Å². The van der Waals surface area contributed by atoms with Crippen LogP contribution in [0.1, 0.15) is 46.1 Å². The van der Waals surface area contributed by atoms with Gasteiger partial charge in [0.25, 0.3) is 0 Å². The van der Waals surface area contributed by atoms with Crippen LogP contribution in [-0.4, -0.2) is 46.0 Å². The van der Waals surface area contributed by atoms with E-state index in [0.29, 0.717) is 6.42 Å². The lowest BCUT2D eigenvalue weighted by Crippen LogP contribution is -2.56. The normalized spacial score (nSPS) is 15.3. The van der Waals surface area contributed by atoms with Gasteiger partial charge in [0.15, 0.2) is 0 Å². The van der Waals surface area contributed by atoms with Gasteiger partial charge in [-0.25, -0.2) is 4.79 Å². The van der Waals surface area contributed by atoms with Gasteiger partial charge < -0.3 is 26.5 Å². The number of nitrogens with two attached hydrogens (primary N) is 1. The Labute approximate surface area is 183 Å². The summed E-state index contributed by atoms with van der Waals surface area (Å²) in [5.74, 6) is -2.03. The van der Waals surface area contributed by atoms with Gasteiger partial charge in [-0.05, 0) is 29.9 Å². The maximum absolute atomic E-state index is 13.1. The Kier molecular flexibility index (Phi) is 8.62. The number of aliphatic carboxylic acids is 1. The van der Waals surface area contributed by atoms with E-state index >= 15 is 0 Å². The summed E-state index contributed by atoms with van der Waals surface area (Å²) in [6, 6.07) is 4.93. The van der Waals surface area contributed by atoms with Gasteiger partial charge in [-0.15, -0.1) is 0 Å². The molecule has 2 amide bonds. The third kappa shape index (κ3) is 6.55. The number of para-hydroxylation sites is 1. The number of carbonyl (C=O) groups is 3. The molecule has 8 heteroatoms. The topological polar surface area (TPSA) is 137 Å². The number of benzene rings is 1. The molecule has 4 unspecified atom stereocenters. The average molecular weight is 431 g/mol. The van der Waals surface area contributed by atoms with Crippen LogP contribution in [-0.2, 0) is 20.8 Å². The van der Waals surface area contributed by atoms with Gasteiger partial charge in [-0.3, -0.25) is 9.59 Å². The summed E-state index contributed by atoms with van der Waals surface area (Å²) in [4.78, 5) is 40.5. The molecule has 0 aliphatic rings. The Morgan fingerprint density at radius 1 is 1.06 bits per heavy atom. The fourth-order valence-electron chi connectivity index (χ4n) is 3.48. The van der Waals surface area contributed by atoms with Gasteiger partial charge in [0.05, 0.1) is 6.04 Å². The predicted molar refractivity (Wildman–Crippen MR) is 120 cm³/mol. The number of carbonyl (C=O) groups excluding carboxylic acids is 2. The van der Waals surface area contributed by atoms with Gasteiger partial charge in [0.1, 0.15) is 12.1 Å². The van der Waals surface area contributed by atoms with E-state index in [1.54, 1.807) is 6.20 Å². The van der Waals surface area contributed by atoms with Crippen LogP contribution in [0.15, 0.2) is 30.5 Å². The zero-order valence-electron chi connectivity index (χ0n) is 18.6. The summed E-state index contributed by atoms with van der Waals surface area (Å²) >= 11 is 0. The fraction of sp³-hybridized carbons (Fsp3) is 0.522. The number of fused-ring (bicyclic) bond motifs is 1. The molecular weight excluding hydrogens is 396 g/mol. The Morgan fingerprint density at radius 3 is 2.32 bits per heavy atom. The molecule has 0 bridgehead atoms. The number of nitrogens with one attached hydrogen (secondary N) is 3. The molecule has 2 rings (SSSR count). The van der Waals surface area contributed by atoms with E-state index in [4.69, 9.17) is 5.73 Å². The van der Waals surface area contributed by atoms with Crippen molar-refractivity contribution in [2.24, 2.45) is 17.6 Å². The number of H-pyrrole nitrogens is 1. The minimum atomic E-state index is -1.10. The molecule has 0 spiro atoms. The van der Waals surface area contributed by atoms with Crippen molar-refractivity contribution in [2.45, 2.75) is 65.1 Å². The molecule has 0 saturated heterocycles. The lowest BCUT2D eigenvalue weighted by molar-refractivity contribution is -0.142. The van der Waals surface area contributed by atoms with Crippen LogP contribution < -0.4 is 16.4 Å². The van der Waals surface area contributed by atoms with Crippen LogP contribution in [0.25, 0.3) is 10.9 Å². The first kappa shape index (κ1) is 24.4. The minimum absolute atomic E-state index is 0.0514. The first-order valence-electron chi connectivity index (χ1n) is 10.8. The number of rotatable bonds is 11. The van der Waals surface area contributed by atoms with Crippen LogP contribution >= 0.6 is 0 Å². The number of carboxylic acids is 1. The van der Waals surface area contributed by atoms with Crippen LogP contribution in [0.2, 0.25) is 0 Å². The lowest BCUT2D eigenvalue weighted by Gasteiger charge is -2.25. The predicted octanol–water partition coefficient (Wildman–Crippen LogP) is 2.18. The molecule has 0 saturated carbocycles. The molecule has 1 heterocycles. The Bertz CT molecular complexity index is 908. The van der Waals surface area contributed by atoms with Crippen molar-refractivity contribution in [3.63, 3.8) is 0 Å². The summed E-state index contributed by atoms with van der Waals surface area (Å²) in [7, 11) is 0. The Morgan fingerprint density at radius 2 is 1.71 bits per heavy atom. The molecule has 8 nitrogen and oxygen atoms in total. The quantitative estimate of drug-likeness (QED) is 0.372. The summed E-state index contributed by atoms with van der Waals surface area (Å²) in [5, 5.41) is 15.8. The van der Waals surface area contributed by atoms with E-state index in [2.05, 4.69) is 15.6 Å². The highest BCUT2D eigenvalue weighted by atomic mass is 16.4. The molecule has 0 radical (unpaired) electrons. The van der Waals surface area contributed by atoms with E-state index in [-0.39, 0.29) is 18.3 Å². The molecule has 170 valence electrons. The summed E-state index contributed by atoms with van der Waals surface area (Å²) in [6.45, 7) is 7.59. The Balaban J connectivity index is 2.26. The van der Waals surface area contributed by atoms with Gasteiger partial charge >= 0.3 is 5.97 Å². The van der Waals surface area contributed by atoms with Crippen LogP contribution in [0.5, 0.6) is 0 Å². The molecular formula is C23H34N4O4. The van der Waals surface area contributed by atoms with Crippen molar-refractivity contribution < 1.29 is 19.5 Å². The van der Waals surface area contributed by atoms with Crippen molar-refractivity contribution in [3.05, 3.63) is 36.0 Å². The second kappa shape index (κ2) is 10.9. The fourth-order valence-corrected chi connectivity index (χ4v) is 3.48. The molecule has 0 fully saturated rings. The highest BCUT2D eigenvalue weighted by Gasteiger charge is 2.30. The van der Waals surface area contributed by atoms with Gasteiger partial charge in [0, 0.05) is 23.5 Å². The zero-order chi connectivity index (χ0) is 23.1. The largest absolute Gasteiger partial charge is 0.480 e. The maximum Gasteiger partial charge on any atom is 0.326 e. The second-order valence-corrected chi connectivity index (χ2v) is 8.57. The molecule has 4 atom stereocenters. The second-order valence-electron chi connectivity index (χ2n) is 8.57. The smallest absolute Gasteiger partial charge is 0.326 e. The standard InChI is InChI=1S/C23H34N4O4/c1-5-14(4)20(24)22(29)26-18(21(28)27-19(23(30)31)10-13(2)3)11-15-12-25-17-9-7-6-8-16(15)17/h6-9,12-14,18-20,25H,5,10-11,24H2,1-4H3,(H,26,29)(H,27,28)(H,30,31). The molecule has 1 aromatic heterocycles. The average Bonchev–Trinajstić information content (AvgIpc) is 3.13. The molecule has 6 N–H and O–H groups in total. The highest BCUT2D eigenvalue weighted by Crippen LogP contribution is 2.19. The van der Waals surface area contributed by atoms with Crippen molar-refractivity contribution in [1.82, 2.24) is 15.6 Å². The molecule has 2 aromatic rings. The van der Waals surface area contributed by atoms with Crippen molar-refractivity contribution >= 4 is 28.7 Å². The third-order valence-electron chi connectivity index (χ3n) is 5.61. The van der Waals surface area contributed by atoms with Crippen LogP contribution in [0, 0.1) is 11.8 Å². The zero-order valence-corrected chi connectivity index (χ0v) is 18.6. The van der Waals surface area contributed by atoms with E-state index < -0.39 is 35.9 Å². The van der Waals surface area contributed by atoms with Gasteiger partial charge in [-0.2, -0.15) is 0 Å². The number of hydrogen-bond donors (Lipinski definition) is 5. The van der Waals surface area contributed by atoms with Crippen LogP contribution in [0.3, 0.4) is 0 Å². The highest BCUT2D eigenvalue weighted by molar-refractivity contribution is 5.93. The maximum atomic E-state index is 13.1. The summed E-state index contributed by atoms with van der Waals surface area (Å²) in [6.07, 6.45) is 3.03. The molecule has 0 aliphatic carbocycles. The molecule has 1 aromatic carbocycles. The molecule has 31 heavy (non-hydrogen) atoms. The van der Waals surface area contributed by atoms with Crippen molar-refractivity contribution in [3.8, 4) is 0 Å². The first-order chi connectivity index (χ1) is 14.6. The number of amides is 2. The first-order valence-corrected chi connectivity index (χ1v) is 10.8. The SMILES string of the molecule is CCC(C)C(N)C(=O)NC(Cc1c[nH]c2ccccc12)C(=O)NC(CC(C)C)C(=O)O. The number of carboxylic acid groups (broad SMARTS) is 1. The van der Waals surface area contributed by atoms with Gasteiger partial charge in [0.2, 0.25) is 11.8 Å². The monoisotopic (exact) mass is 430 g/mol. The van der Waals surface area contributed by atoms with Gasteiger partial charge in [-0.1, -0.05) is 52.3 Å². The minimum Gasteiger partial charge on any atom is -0.480 e. The number of hydrogen-bond acceptors (Lipinski definition) is 4. The summed E-state index contributed by atoms with van der Waals surface area (Å²) in [5.41, 5.74) is 7.82. The molecule has 0 aliphatic heterocycles. The van der Waals surface area contributed by atoms with E-state index in [1.807, 2.05) is 52.0 Å². The van der Waals surface area contributed by atoms with Crippen molar-refractivity contribution in [2.75, 3.05) is 0 Å². The number of aromatic nitrogens is 1. The third-order valence-corrected chi connectivity index (χ3v) is 5.61. The number of aromatic amines is 1. The van der Waals surface area contributed by atoms with Crippen LogP contribution in [0.4, 0.5) is 0 Å². The Hall–Kier alpha value is -2.87. The van der Waals surface area contributed by atoms with E-state index in [9.17, 15) is 19.5 Å².